The number of halogens is 1. The Balaban J connectivity index is 2.49. The average molecular weight is 295 g/mol. The van der Waals surface area contributed by atoms with E-state index in [4.69, 9.17) is 0 Å². The Hall–Kier alpha value is -0.130. The summed E-state index contributed by atoms with van der Waals surface area (Å²) >= 11 is 2.03. The van der Waals surface area contributed by atoms with Gasteiger partial charge in [-0.3, -0.25) is 14.5 Å². The second-order valence-electron chi connectivity index (χ2n) is 3.74. The number of rotatable bonds is 3. The quantitative estimate of drug-likeness (QED) is 0.450. The van der Waals surface area contributed by atoms with Crippen molar-refractivity contribution in [3.05, 3.63) is 0 Å². The van der Waals surface area contributed by atoms with E-state index >= 15 is 0 Å². The number of amides is 2. The summed E-state index contributed by atoms with van der Waals surface area (Å²) in [7, 11) is 0. The van der Waals surface area contributed by atoms with Gasteiger partial charge in [0.1, 0.15) is 0 Å². The number of carbonyl (C=O) groups excluding carboxylic acids is 2. The van der Waals surface area contributed by atoms with Crippen molar-refractivity contribution in [3.8, 4) is 0 Å². The molecule has 1 aliphatic heterocycles. The highest BCUT2D eigenvalue weighted by Crippen LogP contribution is 2.20. The third-order valence-electron chi connectivity index (χ3n) is 2.12. The summed E-state index contributed by atoms with van der Waals surface area (Å²) in [5.74, 6) is 0.519. The monoisotopic (exact) mass is 295 g/mol. The van der Waals surface area contributed by atoms with Crippen LogP contribution in [0.25, 0.3) is 0 Å². The third-order valence-corrected chi connectivity index (χ3v) is 3.09. The standard InChI is InChI=1S/C9H14INO2/c1-6(2)3-4-11-8(12)5-7(10)9(11)13/h6-7H,3-5H2,1-2H3. The van der Waals surface area contributed by atoms with E-state index in [2.05, 4.69) is 13.8 Å². The van der Waals surface area contributed by atoms with Crippen molar-refractivity contribution in [1.82, 2.24) is 4.90 Å². The molecule has 3 nitrogen and oxygen atoms in total. The molecule has 1 unspecified atom stereocenters. The van der Waals surface area contributed by atoms with Crippen molar-refractivity contribution in [2.45, 2.75) is 30.6 Å². The summed E-state index contributed by atoms with van der Waals surface area (Å²) in [6, 6.07) is 0. The minimum absolute atomic E-state index is 0.00810. The molecule has 1 rings (SSSR count). The minimum Gasteiger partial charge on any atom is -0.282 e. The van der Waals surface area contributed by atoms with Crippen molar-refractivity contribution in [1.29, 1.82) is 0 Å². The van der Waals surface area contributed by atoms with Gasteiger partial charge in [0.15, 0.2) is 0 Å². The Kier molecular flexibility index (Phi) is 3.70. The first-order valence-corrected chi connectivity index (χ1v) is 5.75. The zero-order valence-electron chi connectivity index (χ0n) is 7.92. The van der Waals surface area contributed by atoms with Crippen molar-refractivity contribution >= 4 is 34.4 Å². The van der Waals surface area contributed by atoms with E-state index in [1.807, 2.05) is 22.6 Å². The van der Waals surface area contributed by atoms with E-state index in [9.17, 15) is 9.59 Å². The van der Waals surface area contributed by atoms with Crippen LogP contribution in [0.4, 0.5) is 0 Å². The third kappa shape index (κ3) is 2.65. The van der Waals surface area contributed by atoms with Gasteiger partial charge in [-0.2, -0.15) is 0 Å². The van der Waals surface area contributed by atoms with Gasteiger partial charge in [-0.05, 0) is 12.3 Å². The fourth-order valence-corrected chi connectivity index (χ4v) is 1.98. The van der Waals surface area contributed by atoms with E-state index in [0.29, 0.717) is 18.9 Å². The van der Waals surface area contributed by atoms with Crippen LogP contribution < -0.4 is 0 Å². The summed E-state index contributed by atoms with van der Waals surface area (Å²) in [4.78, 5) is 24.1. The Bertz CT molecular complexity index is 228. The normalized spacial score (nSPS) is 23.4. The maximum Gasteiger partial charge on any atom is 0.242 e. The van der Waals surface area contributed by atoms with Crippen molar-refractivity contribution < 1.29 is 9.59 Å². The van der Waals surface area contributed by atoms with E-state index in [1.165, 1.54) is 4.90 Å². The first-order chi connectivity index (χ1) is 6.02. The molecule has 0 aromatic heterocycles. The summed E-state index contributed by atoms with van der Waals surface area (Å²) < 4.78 is -0.128. The molecular formula is C9H14INO2. The van der Waals surface area contributed by atoms with Gasteiger partial charge in [0.2, 0.25) is 11.8 Å². The molecule has 1 saturated heterocycles. The van der Waals surface area contributed by atoms with Gasteiger partial charge in [0.05, 0.1) is 3.92 Å². The average Bonchev–Trinajstić information content (AvgIpc) is 2.24. The van der Waals surface area contributed by atoms with Gasteiger partial charge in [0, 0.05) is 13.0 Å². The van der Waals surface area contributed by atoms with E-state index in [0.717, 1.165) is 6.42 Å². The van der Waals surface area contributed by atoms with Gasteiger partial charge in [-0.1, -0.05) is 36.4 Å². The molecule has 0 saturated carbocycles. The molecule has 13 heavy (non-hydrogen) atoms. The fourth-order valence-electron chi connectivity index (χ4n) is 1.27. The zero-order valence-corrected chi connectivity index (χ0v) is 10.1. The highest BCUT2D eigenvalue weighted by Gasteiger charge is 2.36. The van der Waals surface area contributed by atoms with Gasteiger partial charge in [-0.15, -0.1) is 0 Å². The number of carbonyl (C=O) groups is 2. The Morgan fingerprint density at radius 1 is 1.54 bits per heavy atom. The largest absolute Gasteiger partial charge is 0.282 e. The van der Waals surface area contributed by atoms with Gasteiger partial charge < -0.3 is 0 Å². The molecule has 1 aliphatic rings. The molecule has 2 amide bonds. The molecular weight excluding hydrogens is 281 g/mol. The number of likely N-dealkylation sites (tertiary alicyclic amines) is 1. The summed E-state index contributed by atoms with van der Waals surface area (Å²) in [5.41, 5.74) is 0. The lowest BCUT2D eigenvalue weighted by molar-refractivity contribution is -0.138. The summed E-state index contributed by atoms with van der Waals surface area (Å²) in [5, 5.41) is 0. The first kappa shape index (κ1) is 10.9. The maximum atomic E-state index is 11.4. The predicted molar refractivity (Wildman–Crippen MR) is 58.6 cm³/mol. The van der Waals surface area contributed by atoms with Gasteiger partial charge in [-0.25, -0.2) is 0 Å². The van der Waals surface area contributed by atoms with Crippen LogP contribution >= 0.6 is 22.6 Å². The van der Waals surface area contributed by atoms with E-state index in [-0.39, 0.29) is 15.7 Å². The second-order valence-corrected chi connectivity index (χ2v) is 5.24. The summed E-state index contributed by atoms with van der Waals surface area (Å²) in [6.45, 7) is 4.77. The molecule has 0 radical (unpaired) electrons. The van der Waals surface area contributed by atoms with Gasteiger partial charge >= 0.3 is 0 Å². The lowest BCUT2D eigenvalue weighted by Crippen LogP contribution is -2.32. The zero-order chi connectivity index (χ0) is 10.0. The number of hydrogen-bond acceptors (Lipinski definition) is 2. The highest BCUT2D eigenvalue weighted by molar-refractivity contribution is 14.1. The summed E-state index contributed by atoms with van der Waals surface area (Å²) in [6.07, 6.45) is 1.29. The number of imide groups is 1. The SMILES string of the molecule is CC(C)CCN1C(=O)CC(I)C1=O. The van der Waals surface area contributed by atoms with Crippen LogP contribution in [0, 0.1) is 5.92 Å². The first-order valence-electron chi connectivity index (χ1n) is 4.50. The minimum atomic E-state index is -0.128. The van der Waals surface area contributed by atoms with Crippen LogP contribution in [0.3, 0.4) is 0 Å². The molecule has 0 aromatic carbocycles. The molecule has 0 spiro atoms. The molecule has 74 valence electrons. The Labute approximate surface area is 92.0 Å². The maximum absolute atomic E-state index is 11.4. The van der Waals surface area contributed by atoms with Crippen LogP contribution in [-0.2, 0) is 9.59 Å². The number of alkyl halides is 1. The van der Waals surface area contributed by atoms with Crippen LogP contribution in [0.2, 0.25) is 0 Å². The molecule has 0 bridgehead atoms. The highest BCUT2D eigenvalue weighted by atomic mass is 127. The molecule has 1 fully saturated rings. The molecule has 0 aromatic rings. The fraction of sp³-hybridized carbons (Fsp3) is 0.778. The van der Waals surface area contributed by atoms with Crippen LogP contribution in [-0.4, -0.2) is 27.2 Å². The molecule has 0 aliphatic carbocycles. The van der Waals surface area contributed by atoms with Crippen molar-refractivity contribution in [3.63, 3.8) is 0 Å². The lowest BCUT2D eigenvalue weighted by atomic mass is 10.1. The predicted octanol–water partition coefficient (Wildman–Crippen LogP) is 1.60. The number of hydrogen-bond donors (Lipinski definition) is 0. The molecule has 0 N–H and O–H groups in total. The smallest absolute Gasteiger partial charge is 0.242 e. The van der Waals surface area contributed by atoms with Crippen LogP contribution in [0.15, 0.2) is 0 Å². The number of nitrogens with zero attached hydrogens (tertiary/aromatic N) is 1. The molecule has 4 heteroatoms. The Morgan fingerprint density at radius 2 is 2.15 bits per heavy atom. The Morgan fingerprint density at radius 3 is 2.54 bits per heavy atom. The topological polar surface area (TPSA) is 37.4 Å². The van der Waals surface area contributed by atoms with Gasteiger partial charge in [0.25, 0.3) is 0 Å². The van der Waals surface area contributed by atoms with Crippen molar-refractivity contribution in [2.75, 3.05) is 6.54 Å². The van der Waals surface area contributed by atoms with Crippen LogP contribution in [0.5, 0.6) is 0 Å². The van der Waals surface area contributed by atoms with E-state index < -0.39 is 0 Å². The second kappa shape index (κ2) is 4.39. The van der Waals surface area contributed by atoms with Crippen molar-refractivity contribution in [2.24, 2.45) is 5.92 Å². The molecule has 1 heterocycles. The van der Waals surface area contributed by atoms with E-state index in [1.54, 1.807) is 0 Å². The molecule has 1 atom stereocenters. The van der Waals surface area contributed by atoms with Crippen LogP contribution in [0.1, 0.15) is 26.7 Å². The lowest BCUT2D eigenvalue weighted by Gasteiger charge is -2.14.